The molecule has 0 amide bonds. The molecule has 7 nitrogen and oxygen atoms in total. The standard InChI is InChI=1S/C28H33NO6S/c1-16(2)34-10-11-35-28(31)25-17(3)29-20-13-19(18-8-9-22(32-4)23(15-18)33-5)14-21(30)26(20)27(25)24-7-6-12-36-24/h6-9,12,15-16,19,27,29H,10-11,13-14H2,1-5H3/t19-,27+/m1/s1. The van der Waals surface area contributed by atoms with Gasteiger partial charge in [-0.05, 0) is 62.3 Å². The highest BCUT2D eigenvalue weighted by molar-refractivity contribution is 7.10. The van der Waals surface area contributed by atoms with Crippen molar-refractivity contribution < 1.29 is 28.5 Å². The van der Waals surface area contributed by atoms with Crippen molar-refractivity contribution in [2.24, 2.45) is 0 Å². The van der Waals surface area contributed by atoms with Crippen LogP contribution in [0.1, 0.15) is 55.9 Å². The van der Waals surface area contributed by atoms with E-state index in [1.54, 1.807) is 14.2 Å². The van der Waals surface area contributed by atoms with Gasteiger partial charge in [-0.25, -0.2) is 4.79 Å². The molecule has 0 bridgehead atoms. The number of rotatable bonds is 9. The first-order valence-corrected chi connectivity index (χ1v) is 13.0. The molecule has 1 aromatic heterocycles. The fourth-order valence-corrected chi connectivity index (χ4v) is 5.73. The zero-order valence-corrected chi connectivity index (χ0v) is 22.2. The molecule has 0 unspecified atom stereocenters. The average Bonchev–Trinajstić information content (AvgIpc) is 3.39. The molecule has 0 radical (unpaired) electrons. The molecule has 1 N–H and O–H groups in total. The lowest BCUT2D eigenvalue weighted by Gasteiger charge is -2.36. The quantitative estimate of drug-likeness (QED) is 0.371. The van der Waals surface area contributed by atoms with Crippen LogP contribution in [0.4, 0.5) is 0 Å². The van der Waals surface area contributed by atoms with Crippen LogP contribution in [0.15, 0.2) is 58.3 Å². The summed E-state index contributed by atoms with van der Waals surface area (Å²) in [6, 6.07) is 9.70. The molecule has 0 fully saturated rings. The zero-order chi connectivity index (χ0) is 25.8. The summed E-state index contributed by atoms with van der Waals surface area (Å²) >= 11 is 1.54. The summed E-state index contributed by atoms with van der Waals surface area (Å²) in [6.45, 7) is 6.23. The molecule has 0 saturated carbocycles. The normalized spacial score (nSPS) is 19.8. The third-order valence-electron chi connectivity index (χ3n) is 6.52. The van der Waals surface area contributed by atoms with Crippen molar-refractivity contribution in [3.63, 3.8) is 0 Å². The molecule has 2 heterocycles. The largest absolute Gasteiger partial charge is 0.493 e. The third-order valence-corrected chi connectivity index (χ3v) is 7.46. The van der Waals surface area contributed by atoms with Crippen LogP contribution in [0.5, 0.6) is 11.5 Å². The molecule has 2 aliphatic rings. The lowest BCUT2D eigenvalue weighted by Crippen LogP contribution is -2.36. The van der Waals surface area contributed by atoms with Gasteiger partial charge in [0.2, 0.25) is 0 Å². The SMILES string of the molecule is COc1ccc([C@H]2CC(=O)C3=C(C2)NC(C)=C(C(=O)OCCOC(C)C)[C@@H]3c2cccs2)cc1OC. The van der Waals surface area contributed by atoms with Gasteiger partial charge in [-0.2, -0.15) is 0 Å². The smallest absolute Gasteiger partial charge is 0.336 e. The first kappa shape index (κ1) is 26.0. The topological polar surface area (TPSA) is 83.1 Å². The number of allylic oxidation sites excluding steroid dienone is 3. The van der Waals surface area contributed by atoms with Crippen molar-refractivity contribution in [2.75, 3.05) is 27.4 Å². The zero-order valence-electron chi connectivity index (χ0n) is 21.4. The Morgan fingerprint density at radius 2 is 1.89 bits per heavy atom. The van der Waals surface area contributed by atoms with Crippen LogP contribution in [0.2, 0.25) is 0 Å². The molecule has 1 aromatic carbocycles. The van der Waals surface area contributed by atoms with Crippen LogP contribution in [0.25, 0.3) is 0 Å². The summed E-state index contributed by atoms with van der Waals surface area (Å²) in [5.74, 6) is 0.436. The van der Waals surface area contributed by atoms with Gasteiger partial charge in [0.25, 0.3) is 0 Å². The number of ether oxygens (including phenoxy) is 4. The fourth-order valence-electron chi connectivity index (χ4n) is 4.89. The highest BCUT2D eigenvalue weighted by Crippen LogP contribution is 2.47. The highest BCUT2D eigenvalue weighted by Gasteiger charge is 2.42. The Hall–Kier alpha value is -3.10. The summed E-state index contributed by atoms with van der Waals surface area (Å²) in [5.41, 5.74) is 3.73. The average molecular weight is 512 g/mol. The number of benzene rings is 1. The van der Waals surface area contributed by atoms with Gasteiger partial charge < -0.3 is 24.3 Å². The molecule has 8 heteroatoms. The predicted molar refractivity (Wildman–Crippen MR) is 138 cm³/mol. The van der Waals surface area contributed by atoms with E-state index in [4.69, 9.17) is 18.9 Å². The summed E-state index contributed by atoms with van der Waals surface area (Å²) in [6.07, 6.45) is 1.06. The van der Waals surface area contributed by atoms with Crippen molar-refractivity contribution in [1.82, 2.24) is 5.32 Å². The number of carbonyl (C=O) groups excluding carboxylic acids is 2. The summed E-state index contributed by atoms with van der Waals surface area (Å²) in [5, 5.41) is 5.35. The van der Waals surface area contributed by atoms with E-state index in [0.717, 1.165) is 16.1 Å². The second-order valence-corrected chi connectivity index (χ2v) is 10.2. The van der Waals surface area contributed by atoms with Gasteiger partial charge in [-0.3, -0.25) is 4.79 Å². The van der Waals surface area contributed by atoms with Crippen molar-refractivity contribution in [2.45, 2.75) is 51.6 Å². The lowest BCUT2D eigenvalue weighted by molar-refractivity contribution is -0.141. The summed E-state index contributed by atoms with van der Waals surface area (Å²) in [4.78, 5) is 27.8. The Balaban J connectivity index is 1.63. The van der Waals surface area contributed by atoms with E-state index in [9.17, 15) is 9.59 Å². The number of hydrogen-bond donors (Lipinski definition) is 1. The molecular weight excluding hydrogens is 478 g/mol. The number of thiophene rings is 1. The van der Waals surface area contributed by atoms with Gasteiger partial charge >= 0.3 is 5.97 Å². The number of carbonyl (C=O) groups is 2. The molecule has 36 heavy (non-hydrogen) atoms. The molecule has 4 rings (SSSR count). The minimum atomic E-state index is -0.446. The number of methoxy groups -OCH3 is 2. The Morgan fingerprint density at radius 3 is 2.56 bits per heavy atom. The van der Waals surface area contributed by atoms with Crippen LogP contribution in [-0.4, -0.2) is 45.3 Å². The molecule has 0 spiro atoms. The van der Waals surface area contributed by atoms with Gasteiger partial charge in [0.05, 0.1) is 38.4 Å². The maximum atomic E-state index is 13.7. The number of hydrogen-bond acceptors (Lipinski definition) is 8. The van der Waals surface area contributed by atoms with Crippen LogP contribution >= 0.6 is 11.3 Å². The number of Topliss-reactive ketones (excluding diaryl/α,β-unsaturated/α-hetero) is 1. The molecule has 2 aromatic rings. The number of esters is 1. The van der Waals surface area contributed by atoms with Crippen molar-refractivity contribution in [3.05, 3.63) is 68.7 Å². The number of dihydropyridines is 1. The molecule has 1 aliphatic heterocycles. The maximum Gasteiger partial charge on any atom is 0.336 e. The maximum absolute atomic E-state index is 13.7. The lowest BCUT2D eigenvalue weighted by atomic mass is 9.73. The minimum Gasteiger partial charge on any atom is -0.493 e. The van der Waals surface area contributed by atoms with Crippen molar-refractivity contribution in [3.8, 4) is 11.5 Å². The second kappa shape index (κ2) is 11.3. The van der Waals surface area contributed by atoms with E-state index in [1.807, 2.05) is 56.5 Å². The monoisotopic (exact) mass is 511 g/mol. The Morgan fingerprint density at radius 1 is 1.11 bits per heavy atom. The third kappa shape index (κ3) is 5.34. The van der Waals surface area contributed by atoms with Crippen LogP contribution in [0, 0.1) is 0 Å². The Labute approximate surface area is 216 Å². The minimum absolute atomic E-state index is 0.0120. The fraction of sp³-hybridized carbons (Fsp3) is 0.429. The second-order valence-electron chi connectivity index (χ2n) is 9.20. The van der Waals surface area contributed by atoms with E-state index in [0.29, 0.717) is 47.8 Å². The molecule has 192 valence electrons. The summed E-state index contributed by atoms with van der Waals surface area (Å²) in [7, 11) is 3.21. The van der Waals surface area contributed by atoms with E-state index >= 15 is 0 Å². The van der Waals surface area contributed by atoms with Crippen LogP contribution < -0.4 is 14.8 Å². The van der Waals surface area contributed by atoms with Gasteiger partial charge in [0.1, 0.15) is 6.61 Å². The first-order chi connectivity index (χ1) is 17.3. The number of ketones is 1. The van der Waals surface area contributed by atoms with Crippen LogP contribution in [0.3, 0.4) is 0 Å². The van der Waals surface area contributed by atoms with Crippen LogP contribution in [-0.2, 0) is 19.1 Å². The molecule has 2 atom stereocenters. The predicted octanol–water partition coefficient (Wildman–Crippen LogP) is 5.10. The van der Waals surface area contributed by atoms with Gasteiger partial charge in [-0.15, -0.1) is 11.3 Å². The van der Waals surface area contributed by atoms with Gasteiger partial charge in [0, 0.05) is 28.3 Å². The molecule has 1 aliphatic carbocycles. The number of nitrogens with one attached hydrogen (secondary N) is 1. The molecule has 0 saturated heterocycles. The first-order valence-electron chi connectivity index (χ1n) is 12.1. The molecular formula is C28H33NO6S. The van der Waals surface area contributed by atoms with E-state index in [2.05, 4.69) is 5.32 Å². The van der Waals surface area contributed by atoms with Gasteiger partial charge in [-0.1, -0.05) is 12.1 Å². The highest BCUT2D eigenvalue weighted by atomic mass is 32.1. The van der Waals surface area contributed by atoms with Gasteiger partial charge in [0.15, 0.2) is 17.3 Å². The summed E-state index contributed by atoms with van der Waals surface area (Å²) < 4.78 is 21.9. The van der Waals surface area contributed by atoms with E-state index < -0.39 is 11.9 Å². The van der Waals surface area contributed by atoms with E-state index in [-0.39, 0.29) is 24.4 Å². The Kier molecular flexibility index (Phi) is 8.16. The van der Waals surface area contributed by atoms with Crippen molar-refractivity contribution in [1.29, 1.82) is 0 Å². The van der Waals surface area contributed by atoms with Crippen molar-refractivity contribution >= 4 is 23.1 Å². The Bertz CT molecular complexity index is 1180. The van der Waals surface area contributed by atoms with E-state index in [1.165, 1.54) is 11.3 Å².